The maximum Gasteiger partial charge on any atom is 0.148 e. The van der Waals surface area contributed by atoms with Crippen molar-refractivity contribution >= 4 is 9.84 Å². The molecule has 90 valence electrons. The lowest BCUT2D eigenvalue weighted by molar-refractivity contribution is 0.242. The zero-order chi connectivity index (χ0) is 11.5. The Morgan fingerprint density at radius 2 is 2.07 bits per heavy atom. The van der Waals surface area contributed by atoms with Crippen LogP contribution in [-0.2, 0) is 9.84 Å². The van der Waals surface area contributed by atoms with Crippen LogP contribution in [0.4, 0.5) is 0 Å². The van der Waals surface area contributed by atoms with E-state index in [-0.39, 0.29) is 5.75 Å². The molecule has 1 rings (SSSR count). The summed E-state index contributed by atoms with van der Waals surface area (Å²) in [6.45, 7) is 3.59. The van der Waals surface area contributed by atoms with Crippen LogP contribution in [0.3, 0.4) is 0 Å². The second kappa shape index (κ2) is 5.27. The molecule has 1 atom stereocenters. The fourth-order valence-electron chi connectivity index (χ4n) is 1.55. The van der Waals surface area contributed by atoms with Crippen LogP contribution in [0.25, 0.3) is 0 Å². The van der Waals surface area contributed by atoms with Crippen molar-refractivity contribution in [2.75, 3.05) is 32.1 Å². The number of likely N-dealkylation sites (N-methyl/N-ethyl adjacent to an activating group) is 1. The smallest absolute Gasteiger partial charge is 0.148 e. The minimum Gasteiger partial charge on any atom is -0.314 e. The quantitative estimate of drug-likeness (QED) is 0.635. The fraction of sp³-hybridized carbons (Fsp3) is 1.00. The molecule has 0 amide bonds. The number of rotatable bonds is 7. The summed E-state index contributed by atoms with van der Waals surface area (Å²) in [5.41, 5.74) is 0. The Bertz CT molecular complexity index is 286. The van der Waals surface area contributed by atoms with Gasteiger partial charge in [0, 0.05) is 31.4 Å². The Hall–Kier alpha value is -0.130. The summed E-state index contributed by atoms with van der Waals surface area (Å²) in [6.07, 6.45) is 3.89. The molecular weight excluding hydrogens is 212 g/mol. The average Bonchev–Trinajstić information content (AvgIpc) is 2.92. The highest BCUT2D eigenvalue weighted by Gasteiger charge is 2.28. The van der Waals surface area contributed by atoms with Gasteiger partial charge in [0.15, 0.2) is 0 Å². The van der Waals surface area contributed by atoms with E-state index in [4.69, 9.17) is 0 Å². The predicted octanol–water partition coefficient (Wildman–Crippen LogP) is 0.103. The zero-order valence-corrected chi connectivity index (χ0v) is 10.7. The minimum absolute atomic E-state index is 0.229. The third kappa shape index (κ3) is 5.49. The van der Waals surface area contributed by atoms with Crippen molar-refractivity contribution < 1.29 is 8.42 Å². The molecule has 1 saturated carbocycles. The number of nitrogens with zero attached hydrogens (tertiary/aromatic N) is 1. The Morgan fingerprint density at radius 3 is 2.53 bits per heavy atom. The van der Waals surface area contributed by atoms with E-state index in [9.17, 15) is 8.42 Å². The van der Waals surface area contributed by atoms with E-state index in [1.54, 1.807) is 0 Å². The van der Waals surface area contributed by atoms with Gasteiger partial charge in [0.2, 0.25) is 0 Å². The van der Waals surface area contributed by atoms with Crippen molar-refractivity contribution in [1.29, 1.82) is 0 Å². The molecule has 4 nitrogen and oxygen atoms in total. The lowest BCUT2D eigenvalue weighted by Crippen LogP contribution is -2.40. The largest absolute Gasteiger partial charge is 0.314 e. The second-order valence-electron chi connectivity index (χ2n) is 4.58. The molecule has 0 radical (unpaired) electrons. The third-order valence-electron chi connectivity index (χ3n) is 2.91. The first kappa shape index (κ1) is 12.9. The summed E-state index contributed by atoms with van der Waals surface area (Å²) in [4.78, 5) is 2.37. The monoisotopic (exact) mass is 234 g/mol. The van der Waals surface area contributed by atoms with Crippen LogP contribution < -0.4 is 5.32 Å². The van der Waals surface area contributed by atoms with Crippen molar-refractivity contribution in [2.45, 2.75) is 31.8 Å². The van der Waals surface area contributed by atoms with Crippen LogP contribution in [0.15, 0.2) is 0 Å². The van der Waals surface area contributed by atoms with Gasteiger partial charge >= 0.3 is 0 Å². The fourth-order valence-corrected chi connectivity index (χ4v) is 2.07. The molecular formula is C10H22N2O2S. The summed E-state index contributed by atoms with van der Waals surface area (Å²) >= 11 is 0. The number of hydrogen-bond acceptors (Lipinski definition) is 4. The molecule has 1 aliphatic rings. The van der Waals surface area contributed by atoms with Crippen LogP contribution in [0.2, 0.25) is 0 Å². The molecule has 0 aliphatic heterocycles. The van der Waals surface area contributed by atoms with Gasteiger partial charge in [-0.15, -0.1) is 0 Å². The highest BCUT2D eigenvalue weighted by molar-refractivity contribution is 7.90. The van der Waals surface area contributed by atoms with E-state index < -0.39 is 9.84 Å². The summed E-state index contributed by atoms with van der Waals surface area (Å²) in [7, 11) is -0.683. The number of hydrogen-bond donors (Lipinski definition) is 1. The van der Waals surface area contributed by atoms with Gasteiger partial charge in [-0.1, -0.05) is 0 Å². The lowest BCUT2D eigenvalue weighted by Gasteiger charge is -2.24. The van der Waals surface area contributed by atoms with Crippen LogP contribution in [0.1, 0.15) is 19.8 Å². The van der Waals surface area contributed by atoms with Crippen LogP contribution in [0.5, 0.6) is 0 Å². The summed E-state index contributed by atoms with van der Waals surface area (Å²) < 4.78 is 21.8. The Morgan fingerprint density at radius 1 is 1.47 bits per heavy atom. The molecule has 15 heavy (non-hydrogen) atoms. The van der Waals surface area contributed by atoms with Crippen molar-refractivity contribution in [3.8, 4) is 0 Å². The van der Waals surface area contributed by atoms with Gasteiger partial charge in [-0.25, -0.2) is 8.42 Å². The molecule has 0 aromatic heterocycles. The minimum atomic E-state index is -2.82. The van der Waals surface area contributed by atoms with Crippen LogP contribution in [-0.4, -0.2) is 57.5 Å². The first-order valence-electron chi connectivity index (χ1n) is 5.50. The number of sulfone groups is 1. The van der Waals surface area contributed by atoms with Gasteiger partial charge in [0.05, 0.1) is 5.75 Å². The van der Waals surface area contributed by atoms with Gasteiger partial charge in [-0.2, -0.15) is 0 Å². The number of nitrogens with one attached hydrogen (secondary N) is 1. The van der Waals surface area contributed by atoms with E-state index in [0.29, 0.717) is 12.6 Å². The Balaban J connectivity index is 2.08. The third-order valence-corrected chi connectivity index (χ3v) is 3.85. The molecule has 0 spiro atoms. The van der Waals surface area contributed by atoms with E-state index in [0.717, 1.165) is 12.6 Å². The van der Waals surface area contributed by atoms with E-state index in [2.05, 4.69) is 24.2 Å². The predicted molar refractivity (Wildman–Crippen MR) is 62.8 cm³/mol. The maximum atomic E-state index is 10.9. The van der Waals surface area contributed by atoms with Gasteiger partial charge in [-0.3, -0.25) is 4.90 Å². The maximum absolute atomic E-state index is 10.9. The molecule has 0 saturated heterocycles. The van der Waals surface area contributed by atoms with E-state index >= 15 is 0 Å². The Labute approximate surface area is 93.0 Å². The van der Waals surface area contributed by atoms with Crippen LogP contribution >= 0.6 is 0 Å². The van der Waals surface area contributed by atoms with Crippen molar-refractivity contribution in [1.82, 2.24) is 10.2 Å². The van der Waals surface area contributed by atoms with Gasteiger partial charge in [0.25, 0.3) is 0 Å². The van der Waals surface area contributed by atoms with Crippen molar-refractivity contribution in [2.24, 2.45) is 0 Å². The van der Waals surface area contributed by atoms with E-state index in [1.165, 1.54) is 19.1 Å². The SMILES string of the molecule is CC(CNCCS(C)(=O)=O)N(C)C1CC1. The summed E-state index contributed by atoms with van der Waals surface area (Å²) in [6, 6.07) is 1.24. The lowest BCUT2D eigenvalue weighted by atomic mass is 10.3. The topological polar surface area (TPSA) is 49.4 Å². The molecule has 0 bridgehead atoms. The normalized spacial score (nSPS) is 19.5. The first-order chi connectivity index (χ1) is 6.90. The molecule has 0 aromatic carbocycles. The van der Waals surface area contributed by atoms with Crippen molar-refractivity contribution in [3.63, 3.8) is 0 Å². The molecule has 0 heterocycles. The zero-order valence-electron chi connectivity index (χ0n) is 9.86. The van der Waals surface area contributed by atoms with Crippen molar-refractivity contribution in [3.05, 3.63) is 0 Å². The highest BCUT2D eigenvalue weighted by atomic mass is 32.2. The first-order valence-corrected chi connectivity index (χ1v) is 7.56. The van der Waals surface area contributed by atoms with Gasteiger partial charge in [-0.05, 0) is 26.8 Å². The standard InChI is InChI=1S/C10H22N2O2S/c1-9(12(2)10-4-5-10)8-11-6-7-15(3,13)14/h9-11H,4-8H2,1-3H3. The molecule has 0 aromatic rings. The molecule has 1 unspecified atom stereocenters. The van der Waals surface area contributed by atoms with Crippen LogP contribution in [0, 0.1) is 0 Å². The van der Waals surface area contributed by atoms with E-state index in [1.807, 2.05) is 0 Å². The molecule has 1 N–H and O–H groups in total. The highest BCUT2D eigenvalue weighted by Crippen LogP contribution is 2.26. The molecule has 5 heteroatoms. The molecule has 1 aliphatic carbocycles. The Kier molecular flexibility index (Phi) is 4.55. The van der Waals surface area contributed by atoms with Gasteiger partial charge < -0.3 is 5.32 Å². The molecule has 1 fully saturated rings. The summed E-state index contributed by atoms with van der Waals surface area (Å²) in [5.74, 6) is 0.229. The second-order valence-corrected chi connectivity index (χ2v) is 6.84. The summed E-state index contributed by atoms with van der Waals surface area (Å²) in [5, 5.41) is 3.18. The average molecular weight is 234 g/mol. The van der Waals surface area contributed by atoms with Gasteiger partial charge in [0.1, 0.15) is 9.84 Å².